The Morgan fingerprint density at radius 1 is 1.22 bits per heavy atom. The third-order valence-corrected chi connectivity index (χ3v) is 3.52. The van der Waals surface area contributed by atoms with Crippen LogP contribution in [0.4, 0.5) is 0 Å². The molecule has 6 nitrogen and oxygen atoms in total. The van der Waals surface area contributed by atoms with Gasteiger partial charge < -0.3 is 9.84 Å². The van der Waals surface area contributed by atoms with Crippen LogP contribution in [0.15, 0.2) is 41.2 Å². The van der Waals surface area contributed by atoms with Gasteiger partial charge in [-0.3, -0.25) is 9.59 Å². The average molecular weight is 315 g/mol. The molecule has 2 aromatic rings. The van der Waals surface area contributed by atoms with Crippen LogP contribution in [0.25, 0.3) is 0 Å². The number of Topliss-reactive ketones (excluding diaryl/α,β-unsaturated/α-hetero) is 1. The lowest BCUT2D eigenvalue weighted by Crippen LogP contribution is -2.32. The summed E-state index contributed by atoms with van der Waals surface area (Å²) in [6.45, 7) is 5.60. The lowest BCUT2D eigenvalue weighted by molar-refractivity contribution is -0.123. The second-order valence-corrected chi connectivity index (χ2v) is 6.39. The maximum absolute atomic E-state index is 12.3. The Bertz CT molecular complexity index is 651. The zero-order valence-electron chi connectivity index (χ0n) is 13.6. The molecule has 0 spiro atoms. The molecule has 0 saturated heterocycles. The zero-order valence-corrected chi connectivity index (χ0v) is 13.6. The molecular formula is C17H21N3O3. The maximum atomic E-state index is 12.3. The lowest BCUT2D eigenvalue weighted by Gasteiger charge is -2.24. The van der Waals surface area contributed by atoms with Gasteiger partial charge in [0.15, 0.2) is 11.6 Å². The van der Waals surface area contributed by atoms with E-state index in [0.717, 1.165) is 0 Å². The number of ketones is 1. The highest BCUT2D eigenvalue weighted by atomic mass is 16.5. The molecule has 6 heteroatoms. The highest BCUT2D eigenvalue weighted by molar-refractivity contribution is 5.96. The van der Waals surface area contributed by atoms with Crippen LogP contribution in [0.5, 0.6) is 0 Å². The number of nitrogens with one attached hydrogen (secondary N) is 1. The van der Waals surface area contributed by atoms with E-state index in [1.54, 1.807) is 19.1 Å². The Morgan fingerprint density at radius 3 is 2.52 bits per heavy atom. The Labute approximate surface area is 135 Å². The first-order valence-electron chi connectivity index (χ1n) is 7.51. The van der Waals surface area contributed by atoms with E-state index in [2.05, 4.69) is 20.0 Å². The Kier molecular flexibility index (Phi) is 5.26. The molecule has 0 saturated carbocycles. The van der Waals surface area contributed by atoms with Crippen LogP contribution in [-0.2, 0) is 4.79 Å². The zero-order chi connectivity index (χ0) is 16.9. The third kappa shape index (κ3) is 5.02. The minimum absolute atomic E-state index is 0.0367. The molecule has 122 valence electrons. The van der Waals surface area contributed by atoms with Crippen LogP contribution in [0.3, 0.4) is 0 Å². The summed E-state index contributed by atoms with van der Waals surface area (Å²) in [7, 11) is 0. The van der Waals surface area contributed by atoms with Gasteiger partial charge in [0.1, 0.15) is 0 Å². The Hall–Kier alpha value is -2.50. The van der Waals surface area contributed by atoms with Crippen molar-refractivity contribution in [2.45, 2.75) is 39.7 Å². The van der Waals surface area contributed by atoms with Crippen molar-refractivity contribution in [3.8, 4) is 0 Å². The van der Waals surface area contributed by atoms with E-state index in [1.165, 1.54) is 6.39 Å². The molecule has 23 heavy (non-hydrogen) atoms. The van der Waals surface area contributed by atoms with Gasteiger partial charge in [0.2, 0.25) is 12.3 Å². The molecule has 0 aliphatic rings. The van der Waals surface area contributed by atoms with Crippen LogP contribution < -0.4 is 5.32 Å². The molecule has 1 heterocycles. The van der Waals surface area contributed by atoms with Gasteiger partial charge in [-0.1, -0.05) is 49.3 Å². The highest BCUT2D eigenvalue weighted by Gasteiger charge is 2.27. The largest absolute Gasteiger partial charge is 0.346 e. The predicted octanol–water partition coefficient (Wildman–Crippen LogP) is 2.94. The number of aromatic nitrogens is 2. The smallest absolute Gasteiger partial charge is 0.221 e. The number of carbonyl (C=O) groups is 2. The summed E-state index contributed by atoms with van der Waals surface area (Å²) in [5, 5.41) is 6.51. The minimum atomic E-state index is -0.437. The molecule has 0 aliphatic carbocycles. The molecule has 0 bridgehead atoms. The molecule has 0 aliphatic heterocycles. The van der Waals surface area contributed by atoms with Gasteiger partial charge in [-0.05, 0) is 12.3 Å². The van der Waals surface area contributed by atoms with Crippen molar-refractivity contribution in [2.75, 3.05) is 0 Å². The molecule has 1 unspecified atom stereocenters. The van der Waals surface area contributed by atoms with Crippen molar-refractivity contribution in [1.82, 2.24) is 15.5 Å². The summed E-state index contributed by atoms with van der Waals surface area (Å²) < 4.78 is 4.66. The van der Waals surface area contributed by atoms with Crippen molar-refractivity contribution < 1.29 is 14.1 Å². The SMILES string of the molecule is CC(NC(=O)CC(C)(C)CC(=O)c1ccccc1)c1ncon1. The van der Waals surface area contributed by atoms with Crippen molar-refractivity contribution in [1.29, 1.82) is 0 Å². The van der Waals surface area contributed by atoms with Crippen LogP contribution in [0, 0.1) is 5.41 Å². The monoisotopic (exact) mass is 315 g/mol. The van der Waals surface area contributed by atoms with Crippen LogP contribution in [-0.4, -0.2) is 21.8 Å². The Morgan fingerprint density at radius 2 is 1.91 bits per heavy atom. The van der Waals surface area contributed by atoms with Crippen LogP contribution in [0.2, 0.25) is 0 Å². The van der Waals surface area contributed by atoms with E-state index in [0.29, 0.717) is 17.8 Å². The van der Waals surface area contributed by atoms with Crippen molar-refractivity contribution >= 4 is 11.7 Å². The van der Waals surface area contributed by atoms with Gasteiger partial charge in [-0.2, -0.15) is 4.98 Å². The number of hydrogen-bond acceptors (Lipinski definition) is 5. The number of benzene rings is 1. The van der Waals surface area contributed by atoms with E-state index in [4.69, 9.17) is 0 Å². The van der Waals surface area contributed by atoms with Gasteiger partial charge in [0.05, 0.1) is 6.04 Å². The van der Waals surface area contributed by atoms with Gasteiger partial charge in [0.25, 0.3) is 0 Å². The number of nitrogens with zero attached hydrogens (tertiary/aromatic N) is 2. The maximum Gasteiger partial charge on any atom is 0.221 e. The normalized spacial score (nSPS) is 12.7. The number of hydrogen-bond donors (Lipinski definition) is 1. The Balaban J connectivity index is 1.90. The summed E-state index contributed by atoms with van der Waals surface area (Å²) in [6.07, 6.45) is 1.77. The fourth-order valence-electron chi connectivity index (χ4n) is 2.38. The van der Waals surface area contributed by atoms with Gasteiger partial charge in [0, 0.05) is 18.4 Å². The first-order chi connectivity index (χ1) is 10.9. The van der Waals surface area contributed by atoms with Gasteiger partial charge >= 0.3 is 0 Å². The van der Waals surface area contributed by atoms with Crippen LogP contribution >= 0.6 is 0 Å². The average Bonchev–Trinajstić information content (AvgIpc) is 3.01. The summed E-state index contributed by atoms with van der Waals surface area (Å²) >= 11 is 0. The molecule has 2 rings (SSSR count). The molecule has 1 aromatic heterocycles. The number of rotatable bonds is 7. The van der Waals surface area contributed by atoms with Crippen molar-refractivity contribution in [3.63, 3.8) is 0 Å². The third-order valence-electron chi connectivity index (χ3n) is 3.52. The molecule has 0 radical (unpaired) electrons. The minimum Gasteiger partial charge on any atom is -0.346 e. The fraction of sp³-hybridized carbons (Fsp3) is 0.412. The van der Waals surface area contributed by atoms with E-state index in [-0.39, 0.29) is 24.2 Å². The standard InChI is InChI=1S/C17H21N3O3/c1-12(16-18-11-23-20-16)19-15(22)10-17(2,3)9-14(21)13-7-5-4-6-8-13/h4-8,11-12H,9-10H2,1-3H3,(H,19,22). The quantitative estimate of drug-likeness (QED) is 0.794. The van der Waals surface area contributed by atoms with E-state index in [9.17, 15) is 9.59 Å². The second-order valence-electron chi connectivity index (χ2n) is 6.39. The van der Waals surface area contributed by atoms with Crippen molar-refractivity contribution in [3.05, 3.63) is 48.1 Å². The topological polar surface area (TPSA) is 85.1 Å². The molecule has 1 atom stereocenters. The fourth-order valence-corrected chi connectivity index (χ4v) is 2.38. The van der Waals surface area contributed by atoms with Crippen molar-refractivity contribution in [2.24, 2.45) is 5.41 Å². The molecule has 1 amide bonds. The summed E-state index contributed by atoms with van der Waals surface area (Å²) in [5.41, 5.74) is 0.231. The summed E-state index contributed by atoms with van der Waals surface area (Å²) in [5.74, 6) is 0.319. The second kappa shape index (κ2) is 7.17. The van der Waals surface area contributed by atoms with Gasteiger partial charge in [-0.25, -0.2) is 0 Å². The summed E-state index contributed by atoms with van der Waals surface area (Å²) in [6, 6.07) is 8.78. The lowest BCUT2D eigenvalue weighted by atomic mass is 9.82. The molecular weight excluding hydrogens is 294 g/mol. The van der Waals surface area contributed by atoms with Crippen LogP contribution in [0.1, 0.15) is 55.8 Å². The highest BCUT2D eigenvalue weighted by Crippen LogP contribution is 2.27. The number of carbonyl (C=O) groups excluding carboxylic acids is 2. The van der Waals surface area contributed by atoms with Gasteiger partial charge in [-0.15, -0.1) is 0 Å². The first kappa shape index (κ1) is 16.9. The first-order valence-corrected chi connectivity index (χ1v) is 7.51. The van der Waals surface area contributed by atoms with E-state index < -0.39 is 5.41 Å². The molecule has 1 aromatic carbocycles. The summed E-state index contributed by atoms with van der Waals surface area (Å²) in [4.78, 5) is 28.4. The van der Waals surface area contributed by atoms with E-state index >= 15 is 0 Å². The predicted molar refractivity (Wildman–Crippen MR) is 84.6 cm³/mol. The molecule has 1 N–H and O–H groups in total. The number of amides is 1. The van der Waals surface area contributed by atoms with E-state index in [1.807, 2.05) is 32.0 Å². The molecule has 0 fully saturated rings.